The van der Waals surface area contributed by atoms with Crippen LogP contribution in [0.1, 0.15) is 20.3 Å². The third-order valence-corrected chi connectivity index (χ3v) is 4.51. The summed E-state index contributed by atoms with van der Waals surface area (Å²) in [7, 11) is 1.76. The van der Waals surface area contributed by atoms with Crippen molar-refractivity contribution in [2.45, 2.75) is 32.4 Å². The van der Waals surface area contributed by atoms with E-state index in [0.29, 0.717) is 31.0 Å². The van der Waals surface area contributed by atoms with E-state index in [2.05, 4.69) is 19.2 Å². The lowest BCUT2D eigenvalue weighted by atomic mass is 9.64. The summed E-state index contributed by atoms with van der Waals surface area (Å²) < 4.78 is 16.6. The predicted octanol–water partition coefficient (Wildman–Crippen LogP) is 2.27. The molecule has 20 heavy (non-hydrogen) atoms. The van der Waals surface area contributed by atoms with Crippen molar-refractivity contribution >= 4 is 11.4 Å². The molecule has 1 heterocycles. The maximum atomic E-state index is 6.10. The molecule has 1 aromatic carbocycles. The molecule has 2 atom stereocenters. The normalized spacial score (nSPS) is 26.8. The zero-order chi connectivity index (χ0) is 14.3. The number of fused-ring (bicyclic) bond motifs is 1. The fourth-order valence-corrected chi connectivity index (χ4v) is 2.95. The summed E-state index contributed by atoms with van der Waals surface area (Å²) in [6, 6.07) is 4.10. The number of benzene rings is 1. The van der Waals surface area contributed by atoms with Gasteiger partial charge in [-0.2, -0.15) is 0 Å². The van der Waals surface area contributed by atoms with Gasteiger partial charge in [-0.15, -0.1) is 0 Å². The zero-order valence-electron chi connectivity index (χ0n) is 12.2. The first-order valence-electron chi connectivity index (χ1n) is 7.01. The molecule has 3 rings (SSSR count). The highest BCUT2D eigenvalue weighted by molar-refractivity contribution is 5.72. The van der Waals surface area contributed by atoms with Gasteiger partial charge in [0, 0.05) is 30.7 Å². The average molecular weight is 278 g/mol. The number of nitrogens with two attached hydrogens (primary N) is 1. The van der Waals surface area contributed by atoms with Gasteiger partial charge in [-0.1, -0.05) is 13.8 Å². The van der Waals surface area contributed by atoms with Crippen LogP contribution in [-0.2, 0) is 4.74 Å². The van der Waals surface area contributed by atoms with Gasteiger partial charge in [0.2, 0.25) is 0 Å². The van der Waals surface area contributed by atoms with Gasteiger partial charge in [-0.05, 0) is 6.42 Å². The lowest BCUT2D eigenvalue weighted by Gasteiger charge is -2.51. The number of nitrogen functional groups attached to an aromatic ring is 1. The molecule has 2 unspecified atom stereocenters. The van der Waals surface area contributed by atoms with Crippen molar-refractivity contribution in [3.63, 3.8) is 0 Å². The highest BCUT2D eigenvalue weighted by Crippen LogP contribution is 2.45. The first-order chi connectivity index (χ1) is 9.52. The first kappa shape index (κ1) is 13.4. The Hall–Kier alpha value is -1.62. The Morgan fingerprint density at radius 2 is 1.90 bits per heavy atom. The molecule has 0 amide bonds. The molecule has 3 N–H and O–H groups in total. The fourth-order valence-electron chi connectivity index (χ4n) is 2.95. The molecule has 1 fully saturated rings. The molecule has 1 aliphatic heterocycles. The SMILES string of the molecule is COC1CC(Nc2cc3c(cc2N)OCCO3)C1(C)C. The molecular weight excluding hydrogens is 256 g/mol. The second-order valence-electron chi connectivity index (χ2n) is 6.06. The molecule has 5 nitrogen and oxygen atoms in total. The molecule has 0 aromatic heterocycles. The standard InChI is InChI=1S/C15H22N2O3/c1-15(2)13(8-14(15)18-3)17-10-7-12-11(6-9(10)16)19-4-5-20-12/h6-7,13-14,17H,4-5,8,16H2,1-3H3. The number of rotatable bonds is 3. The van der Waals surface area contributed by atoms with Crippen LogP contribution in [0.4, 0.5) is 11.4 Å². The number of nitrogens with one attached hydrogen (secondary N) is 1. The molecule has 110 valence electrons. The van der Waals surface area contributed by atoms with Crippen LogP contribution in [0.2, 0.25) is 0 Å². The predicted molar refractivity (Wildman–Crippen MR) is 78.5 cm³/mol. The van der Waals surface area contributed by atoms with E-state index in [1.54, 1.807) is 7.11 Å². The molecule has 5 heteroatoms. The largest absolute Gasteiger partial charge is 0.486 e. The summed E-state index contributed by atoms with van der Waals surface area (Å²) in [6.45, 7) is 5.56. The van der Waals surface area contributed by atoms with Crippen molar-refractivity contribution in [3.05, 3.63) is 12.1 Å². The van der Waals surface area contributed by atoms with E-state index in [1.165, 1.54) is 0 Å². The van der Waals surface area contributed by atoms with Crippen molar-refractivity contribution in [1.29, 1.82) is 0 Å². The van der Waals surface area contributed by atoms with Gasteiger partial charge in [0.25, 0.3) is 0 Å². The Balaban J connectivity index is 1.78. The lowest BCUT2D eigenvalue weighted by Crippen LogP contribution is -2.57. The van der Waals surface area contributed by atoms with E-state index in [-0.39, 0.29) is 5.41 Å². The fraction of sp³-hybridized carbons (Fsp3) is 0.600. The summed E-state index contributed by atoms with van der Waals surface area (Å²) in [4.78, 5) is 0. The number of hydrogen-bond acceptors (Lipinski definition) is 5. The van der Waals surface area contributed by atoms with Gasteiger partial charge in [0.1, 0.15) is 13.2 Å². The molecular formula is C15H22N2O3. The third-order valence-electron chi connectivity index (χ3n) is 4.51. The van der Waals surface area contributed by atoms with Crippen LogP contribution in [0, 0.1) is 5.41 Å². The lowest BCUT2D eigenvalue weighted by molar-refractivity contribution is -0.0794. The number of anilines is 2. The highest BCUT2D eigenvalue weighted by atomic mass is 16.6. The van der Waals surface area contributed by atoms with Crippen molar-refractivity contribution in [2.24, 2.45) is 5.41 Å². The maximum absolute atomic E-state index is 6.10. The molecule has 0 spiro atoms. The summed E-state index contributed by atoms with van der Waals surface area (Å²) in [6.07, 6.45) is 1.27. The third kappa shape index (κ3) is 2.06. The van der Waals surface area contributed by atoms with Gasteiger partial charge in [-0.3, -0.25) is 0 Å². The monoisotopic (exact) mass is 278 g/mol. The Morgan fingerprint density at radius 3 is 2.50 bits per heavy atom. The smallest absolute Gasteiger partial charge is 0.163 e. The van der Waals surface area contributed by atoms with Crippen LogP contribution in [0.3, 0.4) is 0 Å². The summed E-state index contributed by atoms with van der Waals surface area (Å²) >= 11 is 0. The quantitative estimate of drug-likeness (QED) is 0.830. The minimum atomic E-state index is 0.0917. The zero-order valence-corrected chi connectivity index (χ0v) is 12.2. The van der Waals surface area contributed by atoms with Gasteiger partial charge < -0.3 is 25.3 Å². The molecule has 2 aliphatic rings. The van der Waals surface area contributed by atoms with Crippen LogP contribution < -0.4 is 20.5 Å². The van der Waals surface area contributed by atoms with E-state index in [9.17, 15) is 0 Å². The topological polar surface area (TPSA) is 65.7 Å². The minimum absolute atomic E-state index is 0.0917. The van der Waals surface area contributed by atoms with Gasteiger partial charge in [0.15, 0.2) is 11.5 Å². The molecule has 0 bridgehead atoms. The Morgan fingerprint density at radius 1 is 1.25 bits per heavy atom. The summed E-state index contributed by atoms with van der Waals surface area (Å²) in [5, 5.41) is 3.51. The van der Waals surface area contributed by atoms with Crippen LogP contribution in [-0.4, -0.2) is 32.5 Å². The van der Waals surface area contributed by atoms with E-state index >= 15 is 0 Å². The Labute approximate surface area is 119 Å². The maximum Gasteiger partial charge on any atom is 0.163 e. The average Bonchev–Trinajstić information content (AvgIpc) is 2.43. The highest BCUT2D eigenvalue weighted by Gasteiger charge is 2.48. The second kappa shape index (κ2) is 4.74. The number of methoxy groups -OCH3 is 1. The van der Waals surface area contributed by atoms with Crippen molar-refractivity contribution in [3.8, 4) is 11.5 Å². The number of ether oxygens (including phenoxy) is 3. The van der Waals surface area contributed by atoms with Crippen molar-refractivity contribution in [2.75, 3.05) is 31.4 Å². The van der Waals surface area contributed by atoms with Crippen LogP contribution in [0.15, 0.2) is 12.1 Å². The van der Waals surface area contributed by atoms with Gasteiger partial charge in [0.05, 0.1) is 17.5 Å². The van der Waals surface area contributed by atoms with Crippen LogP contribution in [0.5, 0.6) is 11.5 Å². The van der Waals surface area contributed by atoms with E-state index in [4.69, 9.17) is 19.9 Å². The van der Waals surface area contributed by atoms with Crippen molar-refractivity contribution < 1.29 is 14.2 Å². The molecule has 0 saturated heterocycles. The second-order valence-corrected chi connectivity index (χ2v) is 6.06. The van der Waals surface area contributed by atoms with Crippen LogP contribution >= 0.6 is 0 Å². The van der Waals surface area contributed by atoms with Gasteiger partial charge >= 0.3 is 0 Å². The molecule has 1 aromatic rings. The van der Waals surface area contributed by atoms with Crippen LogP contribution in [0.25, 0.3) is 0 Å². The summed E-state index contributed by atoms with van der Waals surface area (Å²) in [5.74, 6) is 1.48. The molecule has 1 saturated carbocycles. The Bertz CT molecular complexity index is 516. The molecule has 1 aliphatic carbocycles. The van der Waals surface area contributed by atoms with Gasteiger partial charge in [-0.25, -0.2) is 0 Å². The number of hydrogen-bond donors (Lipinski definition) is 2. The summed E-state index contributed by atoms with van der Waals surface area (Å²) in [5.41, 5.74) is 7.78. The Kier molecular flexibility index (Phi) is 3.17. The minimum Gasteiger partial charge on any atom is -0.486 e. The van der Waals surface area contributed by atoms with Crippen molar-refractivity contribution in [1.82, 2.24) is 0 Å². The van der Waals surface area contributed by atoms with E-state index in [0.717, 1.165) is 23.6 Å². The first-order valence-corrected chi connectivity index (χ1v) is 7.01. The molecule has 0 radical (unpaired) electrons. The van der Waals surface area contributed by atoms with E-state index < -0.39 is 0 Å². The van der Waals surface area contributed by atoms with E-state index in [1.807, 2.05) is 12.1 Å².